The van der Waals surface area contributed by atoms with Gasteiger partial charge in [0.2, 0.25) is 0 Å². The molecule has 1 heterocycles. The highest BCUT2D eigenvalue weighted by Crippen LogP contribution is 2.18. The summed E-state index contributed by atoms with van der Waals surface area (Å²) >= 11 is 0. The first-order valence-electron chi connectivity index (χ1n) is 6.92. The topological polar surface area (TPSA) is 45.2 Å². The lowest BCUT2D eigenvalue weighted by Crippen LogP contribution is -2.31. The third-order valence-electron chi connectivity index (χ3n) is 3.14. The maximum absolute atomic E-state index is 13.2. The second-order valence-electron chi connectivity index (χ2n) is 4.54. The number of anilines is 2. The second-order valence-corrected chi connectivity index (χ2v) is 4.54. The number of hydrogen-bond donors (Lipinski definition) is 1. The molecular weight excluding hydrogens is 269 g/mol. The molecule has 0 aliphatic heterocycles. The monoisotopic (exact) mass is 287 g/mol. The van der Waals surface area contributed by atoms with Crippen molar-refractivity contribution in [1.29, 1.82) is 0 Å². The Balaban J connectivity index is 2.20. The van der Waals surface area contributed by atoms with Crippen LogP contribution in [0.4, 0.5) is 15.8 Å². The molecule has 0 aliphatic rings. The third kappa shape index (κ3) is 3.78. The molecule has 21 heavy (non-hydrogen) atoms. The Hall–Kier alpha value is -2.43. The summed E-state index contributed by atoms with van der Waals surface area (Å²) < 4.78 is 13.2. The van der Waals surface area contributed by atoms with Crippen molar-refractivity contribution in [2.45, 2.75) is 13.8 Å². The van der Waals surface area contributed by atoms with E-state index in [0.29, 0.717) is 30.2 Å². The first kappa shape index (κ1) is 15.0. The summed E-state index contributed by atoms with van der Waals surface area (Å²) in [4.78, 5) is 18.1. The fraction of sp³-hybridized carbons (Fsp3) is 0.250. The van der Waals surface area contributed by atoms with Gasteiger partial charge in [-0.3, -0.25) is 9.78 Å². The van der Waals surface area contributed by atoms with Crippen molar-refractivity contribution in [3.8, 4) is 0 Å². The highest BCUT2D eigenvalue weighted by atomic mass is 19.1. The van der Waals surface area contributed by atoms with Gasteiger partial charge in [-0.1, -0.05) is 6.07 Å². The zero-order valence-corrected chi connectivity index (χ0v) is 12.1. The van der Waals surface area contributed by atoms with E-state index in [-0.39, 0.29) is 11.7 Å². The second kappa shape index (κ2) is 6.83. The van der Waals surface area contributed by atoms with E-state index in [9.17, 15) is 9.18 Å². The lowest BCUT2D eigenvalue weighted by atomic mass is 10.2. The van der Waals surface area contributed by atoms with E-state index in [0.717, 1.165) is 0 Å². The average Bonchev–Trinajstić information content (AvgIpc) is 2.48. The summed E-state index contributed by atoms with van der Waals surface area (Å²) in [6, 6.07) is 9.57. The highest BCUT2D eigenvalue weighted by Gasteiger charge is 2.14. The van der Waals surface area contributed by atoms with Crippen molar-refractivity contribution in [3.05, 3.63) is 54.1 Å². The molecule has 1 aromatic carbocycles. The van der Waals surface area contributed by atoms with Gasteiger partial charge in [-0.05, 0) is 44.2 Å². The van der Waals surface area contributed by atoms with Crippen molar-refractivity contribution in [2.75, 3.05) is 18.4 Å². The Bertz CT molecular complexity index is 626. The number of carbonyl (C=O) groups is 1. The molecule has 2 aromatic rings. The van der Waals surface area contributed by atoms with Gasteiger partial charge in [0.15, 0.2) is 0 Å². The zero-order chi connectivity index (χ0) is 15.2. The van der Waals surface area contributed by atoms with Crippen molar-refractivity contribution < 1.29 is 9.18 Å². The Morgan fingerprint density at radius 3 is 2.57 bits per heavy atom. The van der Waals surface area contributed by atoms with E-state index in [2.05, 4.69) is 10.3 Å². The molecule has 0 atom stereocenters. The predicted molar refractivity (Wildman–Crippen MR) is 81.2 cm³/mol. The molecule has 1 aromatic heterocycles. The fourth-order valence-corrected chi connectivity index (χ4v) is 2.03. The molecule has 0 fully saturated rings. The van der Waals surface area contributed by atoms with E-state index < -0.39 is 0 Å². The largest absolute Gasteiger partial charge is 0.355 e. The van der Waals surface area contributed by atoms with Crippen LogP contribution in [0.2, 0.25) is 0 Å². The Morgan fingerprint density at radius 2 is 1.90 bits per heavy atom. The molecule has 5 heteroatoms. The van der Waals surface area contributed by atoms with Crippen LogP contribution in [0.15, 0.2) is 42.6 Å². The van der Waals surface area contributed by atoms with Crippen molar-refractivity contribution >= 4 is 17.3 Å². The molecule has 4 nitrogen and oxygen atoms in total. The molecule has 110 valence electrons. The fourth-order valence-electron chi connectivity index (χ4n) is 2.03. The van der Waals surface area contributed by atoms with E-state index in [1.807, 2.05) is 13.8 Å². The first-order chi connectivity index (χ1) is 10.1. The SMILES string of the molecule is CCN(CC)C(=O)c1cc(Nc2cccc(F)c2)ccn1. The van der Waals surface area contributed by atoms with Crippen molar-refractivity contribution in [1.82, 2.24) is 9.88 Å². The number of hydrogen-bond acceptors (Lipinski definition) is 3. The maximum Gasteiger partial charge on any atom is 0.272 e. The number of benzene rings is 1. The van der Waals surface area contributed by atoms with Gasteiger partial charge in [0, 0.05) is 30.7 Å². The summed E-state index contributed by atoms with van der Waals surface area (Å²) in [6.45, 7) is 5.13. The van der Waals surface area contributed by atoms with Gasteiger partial charge in [0.1, 0.15) is 11.5 Å². The number of nitrogens with zero attached hydrogens (tertiary/aromatic N) is 2. The van der Waals surface area contributed by atoms with Gasteiger partial charge in [0.25, 0.3) is 5.91 Å². The van der Waals surface area contributed by atoms with Crippen LogP contribution in [-0.2, 0) is 0 Å². The van der Waals surface area contributed by atoms with Crippen LogP contribution in [0.3, 0.4) is 0 Å². The molecular formula is C16H18FN3O. The van der Waals surface area contributed by atoms with Gasteiger partial charge in [-0.15, -0.1) is 0 Å². The molecule has 1 amide bonds. The quantitative estimate of drug-likeness (QED) is 0.916. The first-order valence-corrected chi connectivity index (χ1v) is 6.92. The van der Waals surface area contributed by atoms with E-state index in [1.165, 1.54) is 12.1 Å². The molecule has 0 radical (unpaired) electrons. The lowest BCUT2D eigenvalue weighted by Gasteiger charge is -2.18. The summed E-state index contributed by atoms with van der Waals surface area (Å²) in [5.41, 5.74) is 1.70. The Labute approximate surface area is 123 Å². The van der Waals surface area contributed by atoms with Gasteiger partial charge in [0.05, 0.1) is 0 Å². The summed E-state index contributed by atoms with van der Waals surface area (Å²) in [5, 5.41) is 3.06. The van der Waals surface area contributed by atoms with Crippen LogP contribution in [0.25, 0.3) is 0 Å². The van der Waals surface area contributed by atoms with E-state index >= 15 is 0 Å². The normalized spacial score (nSPS) is 10.2. The standard InChI is InChI=1S/C16H18FN3O/c1-3-20(4-2)16(21)15-11-14(8-9-18-15)19-13-7-5-6-12(17)10-13/h5-11H,3-4H2,1-2H3,(H,18,19). The van der Waals surface area contributed by atoms with E-state index in [4.69, 9.17) is 0 Å². The van der Waals surface area contributed by atoms with Crippen LogP contribution in [0.5, 0.6) is 0 Å². The van der Waals surface area contributed by atoms with Crippen LogP contribution >= 0.6 is 0 Å². The number of carbonyl (C=O) groups excluding carboxylic acids is 1. The van der Waals surface area contributed by atoms with Gasteiger partial charge < -0.3 is 10.2 Å². The zero-order valence-electron chi connectivity index (χ0n) is 12.1. The molecule has 0 unspecified atom stereocenters. The number of amides is 1. The molecule has 1 N–H and O–H groups in total. The number of rotatable bonds is 5. The average molecular weight is 287 g/mol. The summed E-state index contributed by atoms with van der Waals surface area (Å²) in [7, 11) is 0. The molecule has 0 saturated carbocycles. The number of aromatic nitrogens is 1. The third-order valence-corrected chi connectivity index (χ3v) is 3.14. The highest BCUT2D eigenvalue weighted by molar-refractivity contribution is 5.93. The molecule has 0 spiro atoms. The van der Waals surface area contributed by atoms with Crippen LogP contribution in [0, 0.1) is 5.82 Å². The minimum absolute atomic E-state index is 0.108. The van der Waals surface area contributed by atoms with Gasteiger partial charge >= 0.3 is 0 Å². The molecule has 0 aliphatic carbocycles. The molecule has 2 rings (SSSR count). The maximum atomic E-state index is 13.2. The van der Waals surface area contributed by atoms with Crippen LogP contribution < -0.4 is 5.32 Å². The Kier molecular flexibility index (Phi) is 4.87. The van der Waals surface area contributed by atoms with Gasteiger partial charge in [-0.2, -0.15) is 0 Å². The predicted octanol–water partition coefficient (Wildman–Crippen LogP) is 3.45. The minimum Gasteiger partial charge on any atom is -0.355 e. The summed E-state index contributed by atoms with van der Waals surface area (Å²) in [6.07, 6.45) is 1.57. The van der Waals surface area contributed by atoms with Crippen LogP contribution in [0.1, 0.15) is 24.3 Å². The molecule has 0 bridgehead atoms. The van der Waals surface area contributed by atoms with Crippen molar-refractivity contribution in [2.24, 2.45) is 0 Å². The van der Waals surface area contributed by atoms with Gasteiger partial charge in [-0.25, -0.2) is 4.39 Å². The number of pyridine rings is 1. The lowest BCUT2D eigenvalue weighted by molar-refractivity contribution is 0.0767. The number of halogens is 1. The summed E-state index contributed by atoms with van der Waals surface area (Å²) in [5.74, 6) is -0.420. The van der Waals surface area contributed by atoms with E-state index in [1.54, 1.807) is 35.4 Å². The van der Waals surface area contributed by atoms with Crippen molar-refractivity contribution in [3.63, 3.8) is 0 Å². The molecule has 0 saturated heterocycles. The Morgan fingerprint density at radius 1 is 1.19 bits per heavy atom. The smallest absolute Gasteiger partial charge is 0.272 e. The number of nitrogens with one attached hydrogen (secondary N) is 1. The van der Waals surface area contributed by atoms with Crippen LogP contribution in [-0.4, -0.2) is 28.9 Å². The minimum atomic E-state index is -0.312.